The van der Waals surface area contributed by atoms with Crippen molar-refractivity contribution in [1.82, 2.24) is 19.9 Å². The van der Waals surface area contributed by atoms with Gasteiger partial charge in [-0.1, -0.05) is 0 Å². The Labute approximate surface area is 147 Å². The maximum atomic E-state index is 5.24. The zero-order valence-corrected chi connectivity index (χ0v) is 14.5. The summed E-state index contributed by atoms with van der Waals surface area (Å²) in [6, 6.07) is 7.55. The summed E-state index contributed by atoms with van der Waals surface area (Å²) in [6.07, 6.45) is 7.43. The van der Waals surface area contributed by atoms with E-state index in [0.29, 0.717) is 23.9 Å². The number of hydrogen-bond acceptors (Lipinski definition) is 6. The van der Waals surface area contributed by atoms with E-state index in [2.05, 4.69) is 36.9 Å². The molecule has 0 N–H and O–H groups in total. The molecule has 2 bridgehead atoms. The summed E-state index contributed by atoms with van der Waals surface area (Å²) in [5.41, 5.74) is 2.50. The van der Waals surface area contributed by atoms with Gasteiger partial charge in [-0.15, -0.1) is 0 Å². The Morgan fingerprint density at radius 1 is 1.12 bits per heavy atom. The molecule has 4 fully saturated rings. The molecule has 1 aliphatic carbocycles. The number of piperidine rings is 1. The summed E-state index contributed by atoms with van der Waals surface area (Å²) < 4.78 is 5.24. The van der Waals surface area contributed by atoms with Gasteiger partial charge in [0, 0.05) is 61.7 Å². The summed E-state index contributed by atoms with van der Waals surface area (Å²) in [4.78, 5) is 18.2. The van der Waals surface area contributed by atoms with Gasteiger partial charge in [0.05, 0.1) is 7.11 Å². The summed E-state index contributed by atoms with van der Waals surface area (Å²) in [5.74, 6) is 2.48. The smallest absolute Gasteiger partial charge is 0.213 e. The van der Waals surface area contributed by atoms with Crippen LogP contribution in [-0.4, -0.2) is 52.1 Å². The van der Waals surface area contributed by atoms with E-state index in [1.165, 1.54) is 30.5 Å². The third-order valence-corrected chi connectivity index (χ3v) is 5.71. The van der Waals surface area contributed by atoms with Gasteiger partial charge in [0.25, 0.3) is 0 Å². The van der Waals surface area contributed by atoms with Crippen LogP contribution in [0.4, 0.5) is 5.82 Å². The van der Waals surface area contributed by atoms with E-state index in [9.17, 15) is 0 Å². The van der Waals surface area contributed by atoms with E-state index in [4.69, 9.17) is 4.74 Å². The maximum Gasteiger partial charge on any atom is 0.213 e. The van der Waals surface area contributed by atoms with Crippen LogP contribution in [-0.2, 0) is 6.54 Å². The molecule has 3 saturated heterocycles. The second-order valence-corrected chi connectivity index (χ2v) is 7.40. The van der Waals surface area contributed by atoms with Crippen molar-refractivity contribution in [2.75, 3.05) is 25.1 Å². The van der Waals surface area contributed by atoms with Gasteiger partial charge in [-0.05, 0) is 30.9 Å². The molecule has 25 heavy (non-hydrogen) atoms. The number of ether oxygens (including phenoxy) is 1. The highest BCUT2D eigenvalue weighted by Crippen LogP contribution is 2.40. The number of piperazine rings is 1. The largest absolute Gasteiger partial charge is 0.481 e. The number of nitrogens with zero attached hydrogens (tertiary/aromatic N) is 5. The number of rotatable bonds is 5. The molecule has 6 nitrogen and oxygen atoms in total. The SMILES string of the molecule is COc1cc(CN2C3CC2CN(c2cc(C4CC4)ncn2)C3)ccn1. The zero-order chi connectivity index (χ0) is 16.8. The van der Waals surface area contributed by atoms with Crippen molar-refractivity contribution in [2.24, 2.45) is 0 Å². The first kappa shape index (κ1) is 15.1. The third-order valence-electron chi connectivity index (χ3n) is 5.71. The van der Waals surface area contributed by atoms with Crippen LogP contribution >= 0.6 is 0 Å². The third kappa shape index (κ3) is 2.84. The molecule has 2 aromatic rings. The van der Waals surface area contributed by atoms with E-state index in [0.717, 1.165) is 25.5 Å². The van der Waals surface area contributed by atoms with Crippen molar-refractivity contribution in [1.29, 1.82) is 0 Å². The lowest BCUT2D eigenvalue weighted by atomic mass is 9.87. The van der Waals surface area contributed by atoms with E-state index >= 15 is 0 Å². The van der Waals surface area contributed by atoms with Crippen LogP contribution < -0.4 is 9.64 Å². The van der Waals surface area contributed by atoms with Crippen molar-refractivity contribution >= 4 is 5.82 Å². The fraction of sp³-hybridized carbons (Fsp3) is 0.526. The molecule has 6 rings (SSSR count). The van der Waals surface area contributed by atoms with Gasteiger partial charge in [-0.3, -0.25) is 4.90 Å². The van der Waals surface area contributed by atoms with Crippen LogP contribution in [0.5, 0.6) is 5.88 Å². The van der Waals surface area contributed by atoms with Crippen LogP contribution in [0.25, 0.3) is 0 Å². The van der Waals surface area contributed by atoms with E-state index < -0.39 is 0 Å². The predicted molar refractivity (Wildman–Crippen MR) is 94.7 cm³/mol. The van der Waals surface area contributed by atoms with Crippen LogP contribution in [0.1, 0.15) is 36.4 Å². The molecule has 1 saturated carbocycles. The molecule has 130 valence electrons. The fourth-order valence-electron chi connectivity index (χ4n) is 4.14. The van der Waals surface area contributed by atoms with Crippen molar-refractivity contribution in [2.45, 2.75) is 43.8 Å². The Bertz CT molecular complexity index is 766. The Balaban J connectivity index is 1.26. The Morgan fingerprint density at radius 3 is 2.72 bits per heavy atom. The lowest BCUT2D eigenvalue weighted by molar-refractivity contribution is -0.00875. The van der Waals surface area contributed by atoms with Crippen LogP contribution in [0, 0.1) is 0 Å². The molecule has 6 heteroatoms. The van der Waals surface area contributed by atoms with E-state index in [1.54, 1.807) is 13.4 Å². The summed E-state index contributed by atoms with van der Waals surface area (Å²) in [6.45, 7) is 3.08. The van der Waals surface area contributed by atoms with Crippen molar-refractivity contribution in [3.63, 3.8) is 0 Å². The molecule has 0 spiro atoms. The topological polar surface area (TPSA) is 54.4 Å². The molecular formula is C19H23N5O. The molecular weight excluding hydrogens is 314 g/mol. The minimum absolute atomic E-state index is 0.609. The van der Waals surface area contributed by atoms with E-state index in [-0.39, 0.29) is 0 Å². The minimum atomic E-state index is 0.609. The Morgan fingerprint density at radius 2 is 1.96 bits per heavy atom. The molecule has 0 amide bonds. The Hall–Kier alpha value is -2.21. The number of aromatic nitrogens is 3. The number of hydrogen-bond donors (Lipinski definition) is 0. The number of pyridine rings is 1. The standard InChI is InChI=1S/C19H23N5O/c1-25-19-6-13(4-5-20-19)9-24-15-7-16(24)11-23(10-15)18-8-17(14-2-3-14)21-12-22-18/h4-6,8,12,14-16H,2-3,7,9-11H2,1H3. The molecule has 2 atom stereocenters. The van der Waals surface area contributed by atoms with E-state index in [1.807, 2.05) is 12.3 Å². The molecule has 2 aromatic heterocycles. The van der Waals surface area contributed by atoms with Gasteiger partial charge in [-0.2, -0.15) is 0 Å². The van der Waals surface area contributed by atoms with Crippen LogP contribution in [0.15, 0.2) is 30.7 Å². The fourth-order valence-corrected chi connectivity index (χ4v) is 4.14. The summed E-state index contributed by atoms with van der Waals surface area (Å²) in [7, 11) is 1.67. The maximum absolute atomic E-state index is 5.24. The molecule has 0 radical (unpaired) electrons. The van der Waals surface area contributed by atoms with Gasteiger partial charge >= 0.3 is 0 Å². The second-order valence-electron chi connectivity index (χ2n) is 7.40. The first-order valence-electron chi connectivity index (χ1n) is 9.11. The minimum Gasteiger partial charge on any atom is -0.481 e. The lowest BCUT2D eigenvalue weighted by Gasteiger charge is -2.56. The molecule has 5 heterocycles. The van der Waals surface area contributed by atoms with Crippen LogP contribution in [0.2, 0.25) is 0 Å². The van der Waals surface area contributed by atoms with Gasteiger partial charge < -0.3 is 9.64 Å². The molecule has 0 aromatic carbocycles. The summed E-state index contributed by atoms with van der Waals surface area (Å²) >= 11 is 0. The predicted octanol–water partition coefficient (Wildman–Crippen LogP) is 2.22. The van der Waals surface area contributed by atoms with Gasteiger partial charge in [0.15, 0.2) is 0 Å². The van der Waals surface area contributed by atoms with Crippen molar-refractivity contribution < 1.29 is 4.74 Å². The second kappa shape index (κ2) is 5.95. The average molecular weight is 337 g/mol. The zero-order valence-electron chi connectivity index (χ0n) is 14.5. The van der Waals surface area contributed by atoms with Crippen molar-refractivity contribution in [3.05, 3.63) is 42.0 Å². The first-order valence-corrected chi connectivity index (χ1v) is 9.11. The summed E-state index contributed by atoms with van der Waals surface area (Å²) in [5, 5.41) is 0. The highest BCUT2D eigenvalue weighted by Gasteiger charge is 2.44. The Kier molecular flexibility index (Phi) is 3.59. The number of fused-ring (bicyclic) bond motifs is 2. The molecule has 4 aliphatic rings. The number of methoxy groups -OCH3 is 1. The molecule has 2 unspecified atom stereocenters. The van der Waals surface area contributed by atoms with Crippen molar-refractivity contribution in [3.8, 4) is 5.88 Å². The highest BCUT2D eigenvalue weighted by atomic mass is 16.5. The highest BCUT2D eigenvalue weighted by molar-refractivity contribution is 5.43. The van der Waals surface area contributed by atoms with Gasteiger partial charge in [0.1, 0.15) is 12.1 Å². The monoisotopic (exact) mass is 337 g/mol. The number of anilines is 1. The van der Waals surface area contributed by atoms with Gasteiger partial charge in [-0.25, -0.2) is 15.0 Å². The van der Waals surface area contributed by atoms with Crippen LogP contribution in [0.3, 0.4) is 0 Å². The first-order chi connectivity index (χ1) is 12.3. The van der Waals surface area contributed by atoms with Gasteiger partial charge in [0.2, 0.25) is 5.88 Å². The normalized spacial score (nSPS) is 25.6. The quantitative estimate of drug-likeness (QED) is 0.834. The lowest BCUT2D eigenvalue weighted by Crippen LogP contribution is -2.68. The average Bonchev–Trinajstić information content (AvgIpc) is 3.52. The molecule has 3 aliphatic heterocycles.